The van der Waals surface area contributed by atoms with Gasteiger partial charge in [-0.1, -0.05) is 12.1 Å². The van der Waals surface area contributed by atoms with E-state index < -0.39 is 12.0 Å². The molecule has 0 bridgehead atoms. The zero-order chi connectivity index (χ0) is 23.5. The summed E-state index contributed by atoms with van der Waals surface area (Å²) in [6, 6.07) is 17.3. The summed E-state index contributed by atoms with van der Waals surface area (Å²) in [6.45, 7) is 2.48. The van der Waals surface area contributed by atoms with Gasteiger partial charge >= 0.3 is 5.97 Å². The molecule has 0 radical (unpaired) electrons. The molecular weight excluding hydrogens is 422 g/mol. The van der Waals surface area contributed by atoms with Crippen molar-refractivity contribution >= 4 is 17.6 Å². The van der Waals surface area contributed by atoms with Crippen LogP contribution in [-0.4, -0.2) is 37.8 Å². The first kappa shape index (κ1) is 22.2. The van der Waals surface area contributed by atoms with Crippen molar-refractivity contribution in [1.29, 1.82) is 0 Å². The van der Waals surface area contributed by atoms with E-state index in [-0.39, 0.29) is 17.9 Å². The molecule has 1 amide bonds. The van der Waals surface area contributed by atoms with Crippen molar-refractivity contribution in [2.24, 2.45) is 0 Å². The van der Waals surface area contributed by atoms with E-state index in [1.807, 2.05) is 43.3 Å². The van der Waals surface area contributed by atoms with Crippen LogP contribution in [0.5, 0.6) is 17.2 Å². The lowest BCUT2D eigenvalue weighted by Crippen LogP contribution is -2.41. The zero-order valence-electron chi connectivity index (χ0n) is 18.7. The normalized spacial score (nSPS) is 15.1. The molecule has 0 aliphatic carbocycles. The summed E-state index contributed by atoms with van der Waals surface area (Å²) in [4.78, 5) is 26.4. The van der Waals surface area contributed by atoms with Crippen LogP contribution in [-0.2, 0) is 11.2 Å². The van der Waals surface area contributed by atoms with Gasteiger partial charge in [-0.25, -0.2) is 4.79 Å². The molecule has 1 atom stereocenters. The molecule has 170 valence electrons. The first-order chi connectivity index (χ1) is 16.0. The van der Waals surface area contributed by atoms with Gasteiger partial charge in [0.05, 0.1) is 38.9 Å². The maximum Gasteiger partial charge on any atom is 0.335 e. The predicted octanol–water partition coefficient (Wildman–Crippen LogP) is 4.48. The number of benzene rings is 3. The summed E-state index contributed by atoms with van der Waals surface area (Å²) in [6.07, 6.45) is 0.184. The highest BCUT2D eigenvalue weighted by Crippen LogP contribution is 2.43. The van der Waals surface area contributed by atoms with Gasteiger partial charge in [-0.15, -0.1) is 0 Å². The predicted molar refractivity (Wildman–Crippen MR) is 124 cm³/mol. The van der Waals surface area contributed by atoms with Gasteiger partial charge in [-0.2, -0.15) is 0 Å². The number of rotatable bonds is 7. The van der Waals surface area contributed by atoms with Crippen LogP contribution in [0.3, 0.4) is 0 Å². The average molecular weight is 447 g/mol. The third kappa shape index (κ3) is 4.22. The fraction of sp³-hybridized carbons (Fsp3) is 0.231. The fourth-order valence-electron chi connectivity index (χ4n) is 4.17. The smallest absolute Gasteiger partial charge is 0.335 e. The van der Waals surface area contributed by atoms with Crippen LogP contribution in [0.2, 0.25) is 0 Å². The highest BCUT2D eigenvalue weighted by Gasteiger charge is 2.36. The van der Waals surface area contributed by atoms with Gasteiger partial charge in [0.15, 0.2) is 11.5 Å². The Morgan fingerprint density at radius 1 is 1.00 bits per heavy atom. The molecule has 1 heterocycles. The number of fused-ring (bicyclic) bond motifs is 1. The van der Waals surface area contributed by atoms with Crippen molar-refractivity contribution in [1.82, 2.24) is 0 Å². The van der Waals surface area contributed by atoms with Gasteiger partial charge < -0.3 is 24.2 Å². The second-order valence-electron chi connectivity index (χ2n) is 7.60. The quantitative estimate of drug-likeness (QED) is 0.575. The van der Waals surface area contributed by atoms with E-state index in [0.717, 1.165) is 22.4 Å². The maximum absolute atomic E-state index is 13.4. The summed E-state index contributed by atoms with van der Waals surface area (Å²) in [5.41, 5.74) is 3.44. The van der Waals surface area contributed by atoms with Crippen molar-refractivity contribution in [3.63, 3.8) is 0 Å². The van der Waals surface area contributed by atoms with E-state index in [4.69, 9.17) is 14.2 Å². The van der Waals surface area contributed by atoms with Gasteiger partial charge in [0.25, 0.3) is 0 Å². The van der Waals surface area contributed by atoms with Crippen LogP contribution >= 0.6 is 0 Å². The summed E-state index contributed by atoms with van der Waals surface area (Å²) in [7, 11) is 3.14. The van der Waals surface area contributed by atoms with E-state index in [0.29, 0.717) is 23.8 Å². The lowest BCUT2D eigenvalue weighted by Gasteiger charge is -2.38. The molecule has 3 aromatic rings. The molecule has 0 saturated carbocycles. The lowest BCUT2D eigenvalue weighted by molar-refractivity contribution is -0.118. The molecule has 1 aliphatic rings. The lowest BCUT2D eigenvalue weighted by atomic mass is 9.86. The van der Waals surface area contributed by atoms with Crippen molar-refractivity contribution in [3.8, 4) is 17.2 Å². The molecular formula is C26H25NO6. The standard InChI is InChI=1S/C26H25NO6/c1-4-33-20-11-7-16(8-12-20)25-21-15-23(32-3)22(31-2)13-18(21)14-24(28)27(25)19-9-5-17(6-10-19)26(29)30/h5-13,15,25H,4,14H2,1-3H3,(H,29,30)/t25-/m0/s1. The Bertz CT molecular complexity index is 1170. The third-order valence-corrected chi connectivity index (χ3v) is 5.71. The number of hydrogen-bond donors (Lipinski definition) is 1. The van der Waals surface area contributed by atoms with E-state index in [2.05, 4.69) is 0 Å². The topological polar surface area (TPSA) is 85.3 Å². The third-order valence-electron chi connectivity index (χ3n) is 5.71. The van der Waals surface area contributed by atoms with Gasteiger partial charge in [-0.05, 0) is 72.1 Å². The molecule has 7 heteroatoms. The highest BCUT2D eigenvalue weighted by atomic mass is 16.5. The minimum absolute atomic E-state index is 0.100. The molecule has 1 N–H and O–H groups in total. The Labute approximate surface area is 192 Å². The Morgan fingerprint density at radius 2 is 1.64 bits per heavy atom. The number of carboxylic acid groups (broad SMARTS) is 1. The van der Waals surface area contributed by atoms with Crippen LogP contribution in [0.25, 0.3) is 0 Å². The summed E-state index contributed by atoms with van der Waals surface area (Å²) in [5.74, 6) is 0.762. The summed E-state index contributed by atoms with van der Waals surface area (Å²) >= 11 is 0. The van der Waals surface area contributed by atoms with Crippen molar-refractivity contribution in [3.05, 3.63) is 82.9 Å². The monoisotopic (exact) mass is 447 g/mol. The van der Waals surface area contributed by atoms with E-state index in [1.165, 1.54) is 12.1 Å². The molecule has 1 aliphatic heterocycles. The fourth-order valence-corrected chi connectivity index (χ4v) is 4.17. The van der Waals surface area contributed by atoms with Crippen molar-refractivity contribution < 1.29 is 28.9 Å². The Morgan fingerprint density at radius 3 is 2.21 bits per heavy atom. The molecule has 0 fully saturated rings. The molecule has 3 aromatic carbocycles. The number of hydrogen-bond acceptors (Lipinski definition) is 5. The average Bonchev–Trinajstić information content (AvgIpc) is 2.83. The van der Waals surface area contributed by atoms with E-state index in [1.54, 1.807) is 31.3 Å². The number of carbonyl (C=O) groups excluding carboxylic acids is 1. The molecule has 0 spiro atoms. The Hall–Kier alpha value is -4.00. The van der Waals surface area contributed by atoms with Crippen LogP contribution in [0, 0.1) is 0 Å². The number of amides is 1. The van der Waals surface area contributed by atoms with Crippen LogP contribution in [0.1, 0.15) is 40.0 Å². The number of nitrogens with zero attached hydrogens (tertiary/aromatic N) is 1. The minimum Gasteiger partial charge on any atom is -0.494 e. The molecule has 33 heavy (non-hydrogen) atoms. The highest BCUT2D eigenvalue weighted by molar-refractivity contribution is 5.99. The SMILES string of the molecule is CCOc1ccc([C@H]2c3cc(OC)c(OC)cc3CC(=O)N2c2ccc(C(=O)O)cc2)cc1. The molecule has 0 saturated heterocycles. The Kier molecular flexibility index (Phi) is 6.22. The van der Waals surface area contributed by atoms with Gasteiger partial charge in [0.2, 0.25) is 5.91 Å². The second kappa shape index (κ2) is 9.24. The van der Waals surface area contributed by atoms with Crippen LogP contribution in [0.4, 0.5) is 5.69 Å². The van der Waals surface area contributed by atoms with Gasteiger partial charge in [0, 0.05) is 5.69 Å². The maximum atomic E-state index is 13.4. The van der Waals surface area contributed by atoms with Gasteiger partial charge in [0.1, 0.15) is 5.75 Å². The van der Waals surface area contributed by atoms with E-state index >= 15 is 0 Å². The molecule has 7 nitrogen and oxygen atoms in total. The first-order valence-corrected chi connectivity index (χ1v) is 10.6. The number of aromatic carboxylic acids is 1. The number of methoxy groups -OCH3 is 2. The second-order valence-corrected chi connectivity index (χ2v) is 7.60. The van der Waals surface area contributed by atoms with Gasteiger partial charge in [-0.3, -0.25) is 4.79 Å². The summed E-state index contributed by atoms with van der Waals surface area (Å²) < 4.78 is 16.6. The van der Waals surface area contributed by atoms with Crippen LogP contribution < -0.4 is 19.1 Å². The number of ether oxygens (including phenoxy) is 3. The Balaban J connectivity index is 1.88. The largest absolute Gasteiger partial charge is 0.494 e. The van der Waals surface area contributed by atoms with Crippen molar-refractivity contribution in [2.75, 3.05) is 25.7 Å². The molecule has 4 rings (SSSR count). The number of anilines is 1. The molecule has 0 aromatic heterocycles. The first-order valence-electron chi connectivity index (χ1n) is 10.6. The number of carboxylic acids is 1. The zero-order valence-corrected chi connectivity index (χ0v) is 18.7. The van der Waals surface area contributed by atoms with Crippen LogP contribution in [0.15, 0.2) is 60.7 Å². The minimum atomic E-state index is -1.02. The number of carbonyl (C=O) groups is 2. The van der Waals surface area contributed by atoms with E-state index in [9.17, 15) is 14.7 Å². The molecule has 0 unspecified atom stereocenters. The summed E-state index contributed by atoms with van der Waals surface area (Å²) in [5, 5.41) is 9.26. The van der Waals surface area contributed by atoms with Crippen molar-refractivity contribution in [2.45, 2.75) is 19.4 Å².